The largest absolute Gasteiger partial charge is 0.311 e. The molecule has 0 saturated carbocycles. The van der Waals surface area contributed by atoms with Crippen molar-refractivity contribution < 1.29 is 0 Å². The van der Waals surface area contributed by atoms with Gasteiger partial charge in [0, 0.05) is 18.6 Å². The van der Waals surface area contributed by atoms with Gasteiger partial charge in [0.2, 0.25) is 0 Å². The maximum Gasteiger partial charge on any atom is 0.0123 e. The summed E-state index contributed by atoms with van der Waals surface area (Å²) in [7, 11) is 0. The number of hydrogen-bond acceptors (Lipinski definition) is 3. The van der Waals surface area contributed by atoms with Gasteiger partial charge < -0.3 is 15.1 Å². The monoisotopic (exact) mass is 271 g/mol. The van der Waals surface area contributed by atoms with Gasteiger partial charge in [0.05, 0.1) is 0 Å². The summed E-state index contributed by atoms with van der Waals surface area (Å²) in [4.78, 5) is 5.06. The van der Waals surface area contributed by atoms with Crippen molar-refractivity contribution in [3.05, 3.63) is 0 Å². The molecule has 3 nitrogen and oxygen atoms in total. The van der Waals surface area contributed by atoms with Crippen LogP contribution in [-0.4, -0.2) is 61.2 Å². The highest BCUT2D eigenvalue weighted by Crippen LogP contribution is 2.06. The topological polar surface area (TPSA) is 18.5 Å². The molecule has 0 saturated heterocycles. The Balaban J connectivity index is 3.77. The van der Waals surface area contributed by atoms with Gasteiger partial charge >= 0.3 is 0 Å². The van der Waals surface area contributed by atoms with Crippen LogP contribution in [0.2, 0.25) is 0 Å². The van der Waals surface area contributed by atoms with Gasteiger partial charge in [0.25, 0.3) is 0 Å². The molecule has 0 aromatic heterocycles. The van der Waals surface area contributed by atoms with Gasteiger partial charge in [-0.25, -0.2) is 0 Å². The van der Waals surface area contributed by atoms with Crippen LogP contribution < -0.4 is 5.32 Å². The molecule has 0 rings (SSSR count). The van der Waals surface area contributed by atoms with Gasteiger partial charge in [-0.3, -0.25) is 0 Å². The Morgan fingerprint density at radius 1 is 0.789 bits per heavy atom. The van der Waals surface area contributed by atoms with E-state index < -0.39 is 0 Å². The summed E-state index contributed by atoms with van der Waals surface area (Å²) in [5.41, 5.74) is 0.278. The fourth-order valence-electron chi connectivity index (χ4n) is 2.16. The normalized spacial score (nSPS) is 12.6. The van der Waals surface area contributed by atoms with E-state index in [1.165, 1.54) is 39.0 Å². The van der Waals surface area contributed by atoms with E-state index in [-0.39, 0.29) is 5.54 Å². The lowest BCUT2D eigenvalue weighted by atomic mass is 10.0. The summed E-state index contributed by atoms with van der Waals surface area (Å²) in [5.74, 6) is 0. The van der Waals surface area contributed by atoms with Gasteiger partial charge in [0.15, 0.2) is 0 Å². The molecule has 0 spiro atoms. The fourth-order valence-corrected chi connectivity index (χ4v) is 2.16. The minimum Gasteiger partial charge on any atom is -0.311 e. The van der Waals surface area contributed by atoms with Crippen LogP contribution in [0.15, 0.2) is 0 Å². The Bertz CT molecular complexity index is 200. The third kappa shape index (κ3) is 9.42. The van der Waals surface area contributed by atoms with Crippen molar-refractivity contribution in [2.75, 3.05) is 45.8 Å². The molecule has 0 aliphatic heterocycles. The molecule has 0 amide bonds. The van der Waals surface area contributed by atoms with E-state index in [1.54, 1.807) is 0 Å². The Morgan fingerprint density at radius 2 is 1.32 bits per heavy atom. The molecule has 0 atom stereocenters. The van der Waals surface area contributed by atoms with Crippen molar-refractivity contribution >= 4 is 0 Å². The van der Waals surface area contributed by atoms with Crippen molar-refractivity contribution in [1.82, 2.24) is 15.1 Å². The van der Waals surface area contributed by atoms with Gasteiger partial charge in [-0.2, -0.15) is 0 Å². The molecule has 1 N–H and O–H groups in total. The SMILES string of the molecule is CCN(CC)CCCN(CC)CCNC(C)(C)CC. The molecule has 0 aromatic carbocycles. The summed E-state index contributed by atoms with van der Waals surface area (Å²) >= 11 is 0. The van der Waals surface area contributed by atoms with E-state index in [1.807, 2.05) is 0 Å². The Kier molecular flexibility index (Phi) is 10.6. The first-order valence-corrected chi connectivity index (χ1v) is 8.18. The molecule has 116 valence electrons. The smallest absolute Gasteiger partial charge is 0.0123 e. The van der Waals surface area contributed by atoms with E-state index >= 15 is 0 Å². The van der Waals surface area contributed by atoms with Crippen molar-refractivity contribution in [1.29, 1.82) is 0 Å². The molecule has 0 bridgehead atoms. The highest BCUT2D eigenvalue weighted by atomic mass is 15.2. The number of nitrogens with zero attached hydrogens (tertiary/aromatic N) is 2. The quantitative estimate of drug-likeness (QED) is 0.589. The molecule has 0 aromatic rings. The summed E-state index contributed by atoms with van der Waals surface area (Å²) in [6, 6.07) is 0. The zero-order chi connectivity index (χ0) is 14.7. The average Bonchev–Trinajstić information content (AvgIpc) is 2.41. The molecule has 19 heavy (non-hydrogen) atoms. The number of likely N-dealkylation sites (N-methyl/N-ethyl adjacent to an activating group) is 1. The third-order valence-electron chi connectivity index (χ3n) is 4.21. The Morgan fingerprint density at radius 3 is 1.79 bits per heavy atom. The van der Waals surface area contributed by atoms with Crippen LogP contribution in [0.1, 0.15) is 54.4 Å². The van der Waals surface area contributed by atoms with E-state index in [9.17, 15) is 0 Å². The molecular formula is C16H37N3. The van der Waals surface area contributed by atoms with Crippen LogP contribution in [0.5, 0.6) is 0 Å². The van der Waals surface area contributed by atoms with Crippen LogP contribution in [0.25, 0.3) is 0 Å². The van der Waals surface area contributed by atoms with Crippen molar-refractivity contribution in [2.24, 2.45) is 0 Å². The molecule has 0 radical (unpaired) electrons. The minimum atomic E-state index is 0.278. The van der Waals surface area contributed by atoms with E-state index in [4.69, 9.17) is 0 Å². The second-order valence-electron chi connectivity index (χ2n) is 5.98. The highest BCUT2D eigenvalue weighted by molar-refractivity contribution is 4.75. The summed E-state index contributed by atoms with van der Waals surface area (Å²) < 4.78 is 0. The lowest BCUT2D eigenvalue weighted by molar-refractivity contribution is 0.235. The van der Waals surface area contributed by atoms with Crippen LogP contribution >= 0.6 is 0 Å². The lowest BCUT2D eigenvalue weighted by Crippen LogP contribution is -2.43. The van der Waals surface area contributed by atoms with Gasteiger partial charge in [-0.15, -0.1) is 0 Å². The summed E-state index contributed by atoms with van der Waals surface area (Å²) in [5, 5.41) is 3.64. The maximum atomic E-state index is 3.64. The first kappa shape index (κ1) is 18.9. The van der Waals surface area contributed by atoms with E-state index in [0.29, 0.717) is 0 Å². The van der Waals surface area contributed by atoms with Gasteiger partial charge in [-0.05, 0) is 59.4 Å². The Labute approximate surface area is 121 Å². The molecular weight excluding hydrogens is 234 g/mol. The standard InChI is InChI=1S/C16H37N3/c1-7-16(5,6)17-12-15-19(10-4)14-11-13-18(8-2)9-3/h17H,7-15H2,1-6H3. The average molecular weight is 271 g/mol. The maximum absolute atomic E-state index is 3.64. The number of rotatable bonds is 12. The molecule has 0 heterocycles. The first-order valence-electron chi connectivity index (χ1n) is 8.18. The van der Waals surface area contributed by atoms with Crippen molar-refractivity contribution in [3.63, 3.8) is 0 Å². The van der Waals surface area contributed by atoms with Gasteiger partial charge in [-0.1, -0.05) is 27.7 Å². The van der Waals surface area contributed by atoms with Crippen LogP contribution in [-0.2, 0) is 0 Å². The second-order valence-corrected chi connectivity index (χ2v) is 5.98. The van der Waals surface area contributed by atoms with Crippen molar-refractivity contribution in [3.8, 4) is 0 Å². The first-order chi connectivity index (χ1) is 8.99. The van der Waals surface area contributed by atoms with E-state index in [2.05, 4.69) is 56.7 Å². The molecule has 0 aliphatic carbocycles. The Hall–Kier alpha value is -0.120. The fraction of sp³-hybridized carbons (Fsp3) is 1.00. The minimum absolute atomic E-state index is 0.278. The summed E-state index contributed by atoms with van der Waals surface area (Å²) in [6.45, 7) is 21.8. The number of nitrogens with one attached hydrogen (secondary N) is 1. The van der Waals surface area contributed by atoms with Crippen molar-refractivity contribution in [2.45, 2.75) is 59.9 Å². The molecule has 0 unspecified atom stereocenters. The number of hydrogen-bond donors (Lipinski definition) is 1. The lowest BCUT2D eigenvalue weighted by Gasteiger charge is -2.28. The molecule has 0 aliphatic rings. The van der Waals surface area contributed by atoms with Gasteiger partial charge in [0.1, 0.15) is 0 Å². The summed E-state index contributed by atoms with van der Waals surface area (Å²) in [6.07, 6.45) is 2.47. The zero-order valence-electron chi connectivity index (χ0n) is 14.3. The van der Waals surface area contributed by atoms with Crippen LogP contribution in [0.3, 0.4) is 0 Å². The molecule has 3 heteroatoms. The predicted octanol–water partition coefficient (Wildman–Crippen LogP) is 2.82. The van der Waals surface area contributed by atoms with Crippen LogP contribution in [0.4, 0.5) is 0 Å². The second kappa shape index (κ2) is 10.6. The third-order valence-corrected chi connectivity index (χ3v) is 4.21. The van der Waals surface area contributed by atoms with Crippen LogP contribution in [0, 0.1) is 0 Å². The molecule has 0 fully saturated rings. The van der Waals surface area contributed by atoms with E-state index in [0.717, 1.165) is 19.6 Å². The predicted molar refractivity (Wildman–Crippen MR) is 86.9 cm³/mol. The zero-order valence-corrected chi connectivity index (χ0v) is 14.3. The highest BCUT2D eigenvalue weighted by Gasteiger charge is 2.13.